The molecule has 5 nitrogen and oxygen atoms in total. The van der Waals surface area contributed by atoms with Crippen LogP contribution in [0.15, 0.2) is 42.5 Å². The molecule has 36 heavy (non-hydrogen) atoms. The van der Waals surface area contributed by atoms with Crippen molar-refractivity contribution in [3.05, 3.63) is 58.6 Å². The molecule has 0 aromatic heterocycles. The Morgan fingerprint density at radius 3 is 2.25 bits per heavy atom. The highest BCUT2D eigenvalue weighted by Crippen LogP contribution is 2.36. The molecule has 1 N–H and O–H groups in total. The van der Waals surface area contributed by atoms with E-state index in [1.54, 1.807) is 0 Å². The summed E-state index contributed by atoms with van der Waals surface area (Å²) in [5.41, 5.74) is 4.17. The van der Waals surface area contributed by atoms with Crippen molar-refractivity contribution in [3.8, 4) is 5.75 Å². The first-order valence-electron chi connectivity index (χ1n) is 13.2. The Morgan fingerprint density at radius 2 is 1.61 bits per heavy atom. The van der Waals surface area contributed by atoms with Crippen LogP contribution in [0, 0.1) is 12.3 Å². The number of hydrogen-bond acceptors (Lipinski definition) is 5. The second kappa shape index (κ2) is 12.6. The molecule has 2 aromatic carbocycles. The summed E-state index contributed by atoms with van der Waals surface area (Å²) in [6.07, 6.45) is 0.613. The van der Waals surface area contributed by atoms with E-state index in [1.807, 2.05) is 24.3 Å². The van der Waals surface area contributed by atoms with Crippen LogP contribution in [0.25, 0.3) is 0 Å². The maximum Gasteiger partial charge on any atom is 0.119 e. The number of aliphatic hydroxyl groups excluding tert-OH is 1. The molecule has 0 aliphatic carbocycles. The molecule has 0 saturated carbocycles. The van der Waals surface area contributed by atoms with Crippen molar-refractivity contribution in [3.63, 3.8) is 0 Å². The fourth-order valence-electron chi connectivity index (χ4n) is 5.31. The van der Waals surface area contributed by atoms with Crippen LogP contribution in [0.2, 0.25) is 5.02 Å². The van der Waals surface area contributed by atoms with Crippen molar-refractivity contribution in [2.75, 3.05) is 57.4 Å². The molecule has 0 bridgehead atoms. The molecule has 1 unspecified atom stereocenters. The van der Waals surface area contributed by atoms with Gasteiger partial charge in [-0.25, -0.2) is 0 Å². The van der Waals surface area contributed by atoms with E-state index in [4.69, 9.17) is 21.1 Å². The van der Waals surface area contributed by atoms with Crippen LogP contribution in [0.3, 0.4) is 0 Å². The number of β-amino-alcohol motifs (C(OH)–C–C–N with tert-alkyl or cyclic N) is 1. The van der Waals surface area contributed by atoms with Gasteiger partial charge in [0.2, 0.25) is 0 Å². The lowest BCUT2D eigenvalue weighted by molar-refractivity contribution is 0.00718. The Bertz CT molecular complexity index is 948. The molecule has 6 heteroatoms. The maximum absolute atomic E-state index is 10.4. The minimum atomic E-state index is -0.506. The molecule has 0 spiro atoms. The number of nitrogens with zero attached hydrogens (tertiary/aromatic N) is 2. The second-order valence-electron chi connectivity index (χ2n) is 11.9. The van der Waals surface area contributed by atoms with Gasteiger partial charge in [0.05, 0.1) is 19.3 Å². The number of benzene rings is 2. The molecule has 0 radical (unpaired) electrons. The molecule has 1 atom stereocenters. The van der Waals surface area contributed by atoms with Gasteiger partial charge in [-0.15, -0.1) is 0 Å². The number of aliphatic hydroxyl groups is 1. The molecule has 1 aliphatic rings. The summed E-state index contributed by atoms with van der Waals surface area (Å²) >= 11 is 6.19. The first-order valence-corrected chi connectivity index (χ1v) is 13.5. The van der Waals surface area contributed by atoms with Crippen LogP contribution < -0.4 is 9.64 Å². The Hall–Kier alpha value is -1.79. The van der Waals surface area contributed by atoms with Crippen LogP contribution >= 0.6 is 11.6 Å². The molecule has 0 amide bonds. The third kappa shape index (κ3) is 8.95. The first-order chi connectivity index (χ1) is 16.9. The molecule has 1 heterocycles. The molecular formula is C30H45ClN2O3. The van der Waals surface area contributed by atoms with Gasteiger partial charge in [0.1, 0.15) is 12.4 Å². The maximum atomic E-state index is 10.4. The van der Waals surface area contributed by atoms with E-state index in [2.05, 4.69) is 69.5 Å². The lowest BCUT2D eigenvalue weighted by Gasteiger charge is -2.37. The summed E-state index contributed by atoms with van der Waals surface area (Å²) in [5.74, 6) is 0.849. The van der Waals surface area contributed by atoms with Crippen LogP contribution in [-0.2, 0) is 10.2 Å². The second-order valence-corrected chi connectivity index (χ2v) is 12.4. The number of hydrogen-bond donors (Lipinski definition) is 1. The van der Waals surface area contributed by atoms with E-state index in [0.717, 1.165) is 43.4 Å². The van der Waals surface area contributed by atoms with Gasteiger partial charge in [-0.05, 0) is 59.6 Å². The molecule has 1 fully saturated rings. The van der Waals surface area contributed by atoms with Crippen molar-refractivity contribution in [1.29, 1.82) is 0 Å². The predicted octanol–water partition coefficient (Wildman–Crippen LogP) is 5.94. The van der Waals surface area contributed by atoms with E-state index in [-0.39, 0.29) is 10.8 Å². The van der Waals surface area contributed by atoms with Gasteiger partial charge in [-0.1, -0.05) is 64.4 Å². The van der Waals surface area contributed by atoms with Crippen molar-refractivity contribution in [2.45, 2.75) is 59.5 Å². The number of rotatable bonds is 11. The molecule has 3 rings (SSSR count). The smallest absolute Gasteiger partial charge is 0.119 e. The first kappa shape index (κ1) is 28.8. The van der Waals surface area contributed by atoms with E-state index >= 15 is 0 Å². The van der Waals surface area contributed by atoms with Gasteiger partial charge in [0.15, 0.2) is 0 Å². The number of piperazine rings is 1. The molecule has 2 aromatic rings. The molecule has 1 aliphatic heterocycles. The van der Waals surface area contributed by atoms with Crippen molar-refractivity contribution >= 4 is 17.3 Å². The summed E-state index contributed by atoms with van der Waals surface area (Å²) < 4.78 is 11.5. The van der Waals surface area contributed by atoms with Gasteiger partial charge in [0.25, 0.3) is 0 Å². The minimum Gasteiger partial charge on any atom is -0.491 e. The number of aryl methyl sites for hydroxylation is 1. The summed E-state index contributed by atoms with van der Waals surface area (Å²) in [7, 11) is 0. The summed E-state index contributed by atoms with van der Waals surface area (Å²) in [5, 5.41) is 11.2. The number of halogens is 1. The van der Waals surface area contributed by atoms with E-state index in [0.29, 0.717) is 26.4 Å². The monoisotopic (exact) mass is 516 g/mol. The molecular weight excluding hydrogens is 472 g/mol. The largest absolute Gasteiger partial charge is 0.491 e. The van der Waals surface area contributed by atoms with Crippen LogP contribution in [0.4, 0.5) is 5.69 Å². The highest BCUT2D eigenvalue weighted by atomic mass is 35.5. The zero-order valence-electron chi connectivity index (χ0n) is 23.0. The third-order valence-corrected chi connectivity index (χ3v) is 7.00. The highest BCUT2D eigenvalue weighted by Gasteiger charge is 2.27. The lowest BCUT2D eigenvalue weighted by atomic mass is 9.72. The van der Waals surface area contributed by atoms with Gasteiger partial charge in [-0.2, -0.15) is 0 Å². The van der Waals surface area contributed by atoms with E-state index in [9.17, 15) is 5.11 Å². The lowest BCUT2D eigenvalue weighted by Crippen LogP contribution is -2.49. The Morgan fingerprint density at radius 1 is 0.944 bits per heavy atom. The Kier molecular flexibility index (Phi) is 10.1. The number of anilines is 1. The fourth-order valence-corrected chi connectivity index (χ4v) is 5.48. The van der Waals surface area contributed by atoms with Crippen molar-refractivity contribution < 1.29 is 14.6 Å². The normalized spacial score (nSPS) is 16.3. The van der Waals surface area contributed by atoms with Gasteiger partial charge >= 0.3 is 0 Å². The minimum absolute atomic E-state index is 0.122. The zero-order valence-corrected chi connectivity index (χ0v) is 23.8. The SMILES string of the molecule is Cc1ccc(Cl)cc1N1CCN(CC(O)COCCOc2ccc(C(C)(C)CC(C)(C)C)cc2)CC1. The van der Waals surface area contributed by atoms with E-state index in [1.165, 1.54) is 16.8 Å². The van der Waals surface area contributed by atoms with Crippen LogP contribution in [-0.4, -0.2) is 68.7 Å². The summed E-state index contributed by atoms with van der Waals surface area (Å²) in [6, 6.07) is 14.5. The summed E-state index contributed by atoms with van der Waals surface area (Å²) in [4.78, 5) is 4.67. The number of ether oxygens (including phenoxy) is 2. The third-order valence-electron chi connectivity index (χ3n) is 6.77. The van der Waals surface area contributed by atoms with Gasteiger partial charge < -0.3 is 19.5 Å². The van der Waals surface area contributed by atoms with Gasteiger partial charge in [-0.3, -0.25) is 4.90 Å². The average molecular weight is 517 g/mol. The van der Waals surface area contributed by atoms with Crippen molar-refractivity contribution in [2.24, 2.45) is 5.41 Å². The Labute approximate surface area is 223 Å². The van der Waals surface area contributed by atoms with E-state index < -0.39 is 6.10 Å². The van der Waals surface area contributed by atoms with Gasteiger partial charge in [0, 0.05) is 43.4 Å². The standard InChI is InChI=1S/C30H45ClN2O3/c1-23-7-10-25(31)19-28(23)33-15-13-32(14-16-33)20-26(34)21-35-17-18-36-27-11-8-24(9-12-27)30(5,6)22-29(2,3)4/h7-12,19,26,34H,13-18,20-22H2,1-6H3. The quantitative estimate of drug-likeness (QED) is 0.374. The fraction of sp³-hybridized carbons (Fsp3) is 0.600. The average Bonchev–Trinajstić information content (AvgIpc) is 2.80. The highest BCUT2D eigenvalue weighted by molar-refractivity contribution is 6.30. The summed E-state index contributed by atoms with van der Waals surface area (Å²) in [6.45, 7) is 19.1. The van der Waals surface area contributed by atoms with Crippen LogP contribution in [0.5, 0.6) is 5.75 Å². The predicted molar refractivity (Wildman–Crippen MR) is 151 cm³/mol. The Balaban J connectivity index is 1.31. The van der Waals surface area contributed by atoms with Crippen LogP contribution in [0.1, 0.15) is 52.2 Å². The zero-order chi connectivity index (χ0) is 26.3. The molecule has 200 valence electrons. The topological polar surface area (TPSA) is 45.2 Å². The molecule has 1 saturated heterocycles. The van der Waals surface area contributed by atoms with Crippen molar-refractivity contribution in [1.82, 2.24) is 4.90 Å².